The lowest BCUT2D eigenvalue weighted by Gasteiger charge is -2.37. The SMILES string of the molecule is CN(C(=N)C(C)(C)C)C1CCCCC1. The van der Waals surface area contributed by atoms with Crippen LogP contribution < -0.4 is 0 Å². The minimum absolute atomic E-state index is 0.00774. The number of nitrogens with one attached hydrogen (secondary N) is 1. The van der Waals surface area contributed by atoms with Crippen molar-refractivity contribution in [3.63, 3.8) is 0 Å². The third-order valence-electron chi connectivity index (χ3n) is 3.19. The lowest BCUT2D eigenvalue weighted by Crippen LogP contribution is -2.43. The van der Waals surface area contributed by atoms with E-state index in [0.717, 1.165) is 5.84 Å². The molecule has 1 rings (SSSR count). The molecule has 82 valence electrons. The Morgan fingerprint density at radius 3 is 2.07 bits per heavy atom. The molecule has 0 aromatic rings. The van der Waals surface area contributed by atoms with E-state index >= 15 is 0 Å². The molecule has 0 atom stereocenters. The molecular formula is C12H24N2. The Kier molecular flexibility index (Phi) is 3.57. The van der Waals surface area contributed by atoms with Gasteiger partial charge < -0.3 is 4.90 Å². The Labute approximate surface area is 88.2 Å². The van der Waals surface area contributed by atoms with E-state index < -0.39 is 0 Å². The zero-order valence-electron chi connectivity index (χ0n) is 10.1. The first-order chi connectivity index (χ1) is 6.43. The molecule has 0 amide bonds. The van der Waals surface area contributed by atoms with Gasteiger partial charge >= 0.3 is 0 Å². The largest absolute Gasteiger partial charge is 0.360 e. The first-order valence-electron chi connectivity index (χ1n) is 5.75. The molecule has 1 aliphatic rings. The first kappa shape index (κ1) is 11.5. The molecule has 1 aliphatic carbocycles. The van der Waals surface area contributed by atoms with Crippen LogP contribution in [0.3, 0.4) is 0 Å². The van der Waals surface area contributed by atoms with E-state index in [1.54, 1.807) is 0 Å². The van der Waals surface area contributed by atoms with Gasteiger partial charge in [0.1, 0.15) is 5.84 Å². The van der Waals surface area contributed by atoms with Crippen LogP contribution in [0.1, 0.15) is 52.9 Å². The highest BCUT2D eigenvalue weighted by atomic mass is 15.2. The second kappa shape index (κ2) is 4.33. The van der Waals surface area contributed by atoms with E-state index in [4.69, 9.17) is 5.41 Å². The van der Waals surface area contributed by atoms with Gasteiger partial charge in [0.25, 0.3) is 0 Å². The lowest BCUT2D eigenvalue weighted by atomic mass is 9.90. The molecule has 2 nitrogen and oxygen atoms in total. The summed E-state index contributed by atoms with van der Waals surface area (Å²) in [5.74, 6) is 0.782. The average Bonchev–Trinajstić information content (AvgIpc) is 2.15. The molecule has 0 spiro atoms. The average molecular weight is 196 g/mol. The molecule has 0 aromatic carbocycles. The molecule has 14 heavy (non-hydrogen) atoms. The van der Waals surface area contributed by atoms with Gasteiger partial charge in [-0.05, 0) is 12.8 Å². The van der Waals surface area contributed by atoms with E-state index in [2.05, 4.69) is 32.7 Å². The van der Waals surface area contributed by atoms with Gasteiger partial charge in [-0.25, -0.2) is 0 Å². The van der Waals surface area contributed by atoms with Gasteiger partial charge in [-0.2, -0.15) is 0 Å². The number of hydrogen-bond donors (Lipinski definition) is 1. The predicted octanol–water partition coefficient (Wildman–Crippen LogP) is 3.27. The maximum absolute atomic E-state index is 8.11. The van der Waals surface area contributed by atoms with Crippen molar-refractivity contribution in [3.05, 3.63) is 0 Å². The molecule has 0 bridgehead atoms. The number of nitrogens with zero attached hydrogens (tertiary/aromatic N) is 1. The van der Waals surface area contributed by atoms with Crippen LogP contribution in [0.25, 0.3) is 0 Å². The summed E-state index contributed by atoms with van der Waals surface area (Å²) in [7, 11) is 2.09. The Morgan fingerprint density at radius 1 is 1.14 bits per heavy atom. The zero-order valence-corrected chi connectivity index (χ0v) is 10.1. The molecule has 0 aromatic heterocycles. The second-order valence-corrected chi connectivity index (χ2v) is 5.50. The van der Waals surface area contributed by atoms with Crippen LogP contribution in [0.4, 0.5) is 0 Å². The fourth-order valence-electron chi connectivity index (χ4n) is 2.18. The van der Waals surface area contributed by atoms with Gasteiger partial charge in [0.2, 0.25) is 0 Å². The van der Waals surface area contributed by atoms with Gasteiger partial charge in [-0.15, -0.1) is 0 Å². The molecule has 1 fully saturated rings. The molecule has 1 saturated carbocycles. The first-order valence-corrected chi connectivity index (χ1v) is 5.75. The Morgan fingerprint density at radius 2 is 1.64 bits per heavy atom. The van der Waals surface area contributed by atoms with E-state index in [1.807, 2.05) is 0 Å². The summed E-state index contributed by atoms with van der Waals surface area (Å²) in [5, 5.41) is 8.11. The summed E-state index contributed by atoms with van der Waals surface area (Å²) in [6.45, 7) is 6.36. The topological polar surface area (TPSA) is 27.1 Å². The standard InChI is InChI=1S/C12H24N2/c1-12(2,3)11(13)14(4)10-8-6-5-7-9-10/h10,13H,5-9H2,1-4H3. The minimum Gasteiger partial charge on any atom is -0.360 e. The van der Waals surface area contributed by atoms with Crippen LogP contribution in [0.2, 0.25) is 0 Å². The van der Waals surface area contributed by atoms with E-state index in [1.165, 1.54) is 32.1 Å². The Bertz CT molecular complexity index is 197. The van der Waals surface area contributed by atoms with Crippen molar-refractivity contribution < 1.29 is 0 Å². The Balaban J connectivity index is 2.55. The quantitative estimate of drug-likeness (QED) is 0.506. The Hall–Kier alpha value is -0.530. The third-order valence-corrected chi connectivity index (χ3v) is 3.19. The van der Waals surface area contributed by atoms with Crippen LogP contribution in [0.5, 0.6) is 0 Å². The lowest BCUT2D eigenvalue weighted by molar-refractivity contribution is 0.258. The van der Waals surface area contributed by atoms with E-state index in [9.17, 15) is 0 Å². The fraction of sp³-hybridized carbons (Fsp3) is 0.917. The van der Waals surface area contributed by atoms with Gasteiger partial charge in [0.15, 0.2) is 0 Å². The van der Waals surface area contributed by atoms with Crippen LogP contribution >= 0.6 is 0 Å². The van der Waals surface area contributed by atoms with Crippen LogP contribution in [-0.2, 0) is 0 Å². The van der Waals surface area contributed by atoms with Crippen molar-refractivity contribution in [2.24, 2.45) is 5.41 Å². The minimum atomic E-state index is -0.00774. The molecule has 0 unspecified atom stereocenters. The number of hydrogen-bond acceptors (Lipinski definition) is 1. The van der Waals surface area contributed by atoms with Crippen molar-refractivity contribution in [2.45, 2.75) is 58.9 Å². The van der Waals surface area contributed by atoms with Crippen molar-refractivity contribution >= 4 is 5.84 Å². The normalized spacial score (nSPS) is 19.4. The summed E-state index contributed by atoms with van der Waals surface area (Å²) in [4.78, 5) is 2.19. The van der Waals surface area contributed by atoms with Gasteiger partial charge in [-0.3, -0.25) is 5.41 Å². The molecule has 0 radical (unpaired) electrons. The zero-order chi connectivity index (χ0) is 10.8. The van der Waals surface area contributed by atoms with Crippen LogP contribution in [-0.4, -0.2) is 23.8 Å². The number of amidine groups is 1. The van der Waals surface area contributed by atoms with Crippen molar-refractivity contribution in [2.75, 3.05) is 7.05 Å². The van der Waals surface area contributed by atoms with Crippen molar-refractivity contribution in [3.8, 4) is 0 Å². The highest BCUT2D eigenvalue weighted by molar-refractivity contribution is 5.84. The van der Waals surface area contributed by atoms with Crippen molar-refractivity contribution in [1.82, 2.24) is 4.90 Å². The summed E-state index contributed by atoms with van der Waals surface area (Å²) >= 11 is 0. The second-order valence-electron chi connectivity index (χ2n) is 5.50. The maximum Gasteiger partial charge on any atom is 0.101 e. The molecule has 1 N–H and O–H groups in total. The number of rotatable bonds is 1. The van der Waals surface area contributed by atoms with Gasteiger partial charge in [-0.1, -0.05) is 40.0 Å². The highest BCUT2D eigenvalue weighted by Crippen LogP contribution is 2.25. The van der Waals surface area contributed by atoms with E-state index in [-0.39, 0.29) is 5.41 Å². The predicted molar refractivity (Wildman–Crippen MR) is 61.8 cm³/mol. The van der Waals surface area contributed by atoms with Crippen LogP contribution in [0, 0.1) is 10.8 Å². The summed E-state index contributed by atoms with van der Waals surface area (Å²) in [6.07, 6.45) is 6.61. The fourth-order valence-corrected chi connectivity index (χ4v) is 2.18. The third kappa shape index (κ3) is 2.73. The van der Waals surface area contributed by atoms with Gasteiger partial charge in [0.05, 0.1) is 0 Å². The van der Waals surface area contributed by atoms with Gasteiger partial charge in [0, 0.05) is 18.5 Å². The summed E-state index contributed by atoms with van der Waals surface area (Å²) in [5.41, 5.74) is -0.00774. The highest BCUT2D eigenvalue weighted by Gasteiger charge is 2.26. The molecule has 2 heteroatoms. The van der Waals surface area contributed by atoms with Crippen LogP contribution in [0.15, 0.2) is 0 Å². The van der Waals surface area contributed by atoms with E-state index in [0.29, 0.717) is 6.04 Å². The summed E-state index contributed by atoms with van der Waals surface area (Å²) < 4.78 is 0. The van der Waals surface area contributed by atoms with Crippen molar-refractivity contribution in [1.29, 1.82) is 5.41 Å². The smallest absolute Gasteiger partial charge is 0.101 e. The molecule has 0 heterocycles. The maximum atomic E-state index is 8.11. The molecular weight excluding hydrogens is 172 g/mol. The monoisotopic (exact) mass is 196 g/mol. The molecule has 0 aliphatic heterocycles. The molecule has 0 saturated heterocycles. The summed E-state index contributed by atoms with van der Waals surface area (Å²) in [6, 6.07) is 0.621.